The second kappa shape index (κ2) is 10.0. The van der Waals surface area contributed by atoms with Crippen LogP contribution in [0.3, 0.4) is 0 Å². The summed E-state index contributed by atoms with van der Waals surface area (Å²) >= 11 is 0. The molecule has 0 saturated carbocycles. The van der Waals surface area contributed by atoms with Crippen molar-refractivity contribution in [1.82, 2.24) is 14.5 Å². The number of carbonyl (C=O) groups excluding carboxylic acids is 1. The summed E-state index contributed by atoms with van der Waals surface area (Å²) in [6.45, 7) is 7.00. The molecule has 0 unspecified atom stereocenters. The maximum atomic E-state index is 12.1. The fourth-order valence-corrected chi connectivity index (χ4v) is 3.63. The number of ether oxygens (including phenoxy) is 1. The Labute approximate surface area is 156 Å². The van der Waals surface area contributed by atoms with Crippen LogP contribution in [0.15, 0.2) is 24.3 Å². The highest BCUT2D eigenvalue weighted by Crippen LogP contribution is 2.13. The highest BCUT2D eigenvalue weighted by Gasteiger charge is 2.19. The maximum absolute atomic E-state index is 12.1. The lowest BCUT2D eigenvalue weighted by Crippen LogP contribution is -2.42. The molecule has 1 amide bonds. The topological polar surface area (TPSA) is 79.0 Å². The summed E-state index contributed by atoms with van der Waals surface area (Å²) in [5.41, 5.74) is 1.99. The SMILES string of the molecule is Cc1ccccc1CN(CCC(=O)NCCN1CCOCC1)S(C)(=O)=O. The molecular weight excluding hydrogens is 354 g/mol. The van der Waals surface area contributed by atoms with Crippen molar-refractivity contribution in [2.75, 3.05) is 52.2 Å². The number of morpholine rings is 1. The van der Waals surface area contributed by atoms with E-state index < -0.39 is 10.0 Å². The van der Waals surface area contributed by atoms with Crippen LogP contribution in [0.1, 0.15) is 17.5 Å². The van der Waals surface area contributed by atoms with E-state index in [-0.39, 0.29) is 25.4 Å². The number of amides is 1. The first kappa shape index (κ1) is 20.8. The Kier molecular flexibility index (Phi) is 8.02. The number of nitrogens with zero attached hydrogens (tertiary/aromatic N) is 2. The quantitative estimate of drug-likeness (QED) is 0.675. The fourth-order valence-electron chi connectivity index (χ4n) is 2.83. The van der Waals surface area contributed by atoms with Crippen molar-refractivity contribution >= 4 is 15.9 Å². The molecule has 7 nitrogen and oxygen atoms in total. The summed E-state index contributed by atoms with van der Waals surface area (Å²) in [4.78, 5) is 14.3. The van der Waals surface area contributed by atoms with Crippen molar-refractivity contribution in [2.45, 2.75) is 19.9 Å². The average Bonchev–Trinajstić information content (AvgIpc) is 2.60. The Bertz CT molecular complexity index is 687. The van der Waals surface area contributed by atoms with Crippen LogP contribution in [0.25, 0.3) is 0 Å². The number of sulfonamides is 1. The summed E-state index contributed by atoms with van der Waals surface area (Å²) in [5.74, 6) is -0.128. The zero-order valence-electron chi connectivity index (χ0n) is 15.6. The van der Waals surface area contributed by atoms with Crippen molar-refractivity contribution in [3.8, 4) is 0 Å². The van der Waals surface area contributed by atoms with Gasteiger partial charge in [-0.3, -0.25) is 9.69 Å². The minimum absolute atomic E-state index is 0.128. The summed E-state index contributed by atoms with van der Waals surface area (Å²) in [5, 5.41) is 2.87. The molecular formula is C18H29N3O4S. The molecule has 1 saturated heterocycles. The van der Waals surface area contributed by atoms with E-state index in [4.69, 9.17) is 4.74 Å². The lowest BCUT2D eigenvalue weighted by atomic mass is 10.1. The van der Waals surface area contributed by atoms with Crippen LogP contribution >= 0.6 is 0 Å². The van der Waals surface area contributed by atoms with Crippen LogP contribution in [-0.4, -0.2) is 75.7 Å². The van der Waals surface area contributed by atoms with E-state index in [2.05, 4.69) is 10.2 Å². The monoisotopic (exact) mass is 383 g/mol. The highest BCUT2D eigenvalue weighted by molar-refractivity contribution is 7.88. The first-order valence-electron chi connectivity index (χ1n) is 8.92. The average molecular weight is 384 g/mol. The predicted octanol–water partition coefficient (Wildman–Crippen LogP) is 0.595. The molecule has 0 spiro atoms. The third-order valence-corrected chi connectivity index (χ3v) is 5.77. The van der Waals surface area contributed by atoms with Gasteiger partial charge in [-0.05, 0) is 18.1 Å². The molecule has 0 aromatic heterocycles. The zero-order chi connectivity index (χ0) is 19.0. The fraction of sp³-hybridized carbons (Fsp3) is 0.611. The van der Waals surface area contributed by atoms with E-state index in [0.717, 1.165) is 44.0 Å². The highest BCUT2D eigenvalue weighted by atomic mass is 32.2. The Hall–Kier alpha value is -1.48. The van der Waals surface area contributed by atoms with Crippen molar-refractivity contribution in [2.24, 2.45) is 0 Å². The molecule has 0 aliphatic carbocycles. The van der Waals surface area contributed by atoms with Crippen LogP contribution in [0.2, 0.25) is 0 Å². The van der Waals surface area contributed by atoms with Gasteiger partial charge in [0.2, 0.25) is 15.9 Å². The standard InChI is InChI=1S/C18H29N3O4S/c1-16-5-3-4-6-17(16)15-21(26(2,23)24)9-7-18(22)19-8-10-20-11-13-25-14-12-20/h3-6H,7-15H2,1-2H3,(H,19,22). The number of hydrogen-bond donors (Lipinski definition) is 1. The van der Waals surface area contributed by atoms with Crippen LogP contribution < -0.4 is 5.32 Å². The smallest absolute Gasteiger partial charge is 0.221 e. The lowest BCUT2D eigenvalue weighted by Gasteiger charge is -2.26. The van der Waals surface area contributed by atoms with Gasteiger partial charge >= 0.3 is 0 Å². The second-order valence-electron chi connectivity index (χ2n) is 6.58. The molecule has 0 radical (unpaired) electrons. The minimum atomic E-state index is -3.38. The van der Waals surface area contributed by atoms with Gasteiger partial charge in [-0.2, -0.15) is 4.31 Å². The first-order chi connectivity index (χ1) is 12.4. The van der Waals surface area contributed by atoms with Gasteiger partial charge in [-0.25, -0.2) is 8.42 Å². The number of nitrogens with one attached hydrogen (secondary N) is 1. The van der Waals surface area contributed by atoms with Gasteiger partial charge in [0.15, 0.2) is 0 Å². The van der Waals surface area contributed by atoms with Gasteiger partial charge in [0.25, 0.3) is 0 Å². The largest absolute Gasteiger partial charge is 0.379 e. The number of rotatable bonds is 9. The molecule has 1 heterocycles. The van der Waals surface area contributed by atoms with Crippen molar-refractivity contribution in [1.29, 1.82) is 0 Å². The molecule has 1 aromatic carbocycles. The molecule has 146 valence electrons. The molecule has 1 aliphatic rings. The van der Waals surface area contributed by atoms with Crippen LogP contribution in [-0.2, 0) is 26.1 Å². The number of hydrogen-bond acceptors (Lipinski definition) is 5. The molecule has 1 aliphatic heterocycles. The minimum Gasteiger partial charge on any atom is -0.379 e. The van der Waals surface area contributed by atoms with E-state index in [1.165, 1.54) is 10.6 Å². The zero-order valence-corrected chi connectivity index (χ0v) is 16.4. The van der Waals surface area contributed by atoms with Gasteiger partial charge < -0.3 is 10.1 Å². The van der Waals surface area contributed by atoms with E-state index in [9.17, 15) is 13.2 Å². The van der Waals surface area contributed by atoms with Crippen molar-refractivity contribution in [3.05, 3.63) is 35.4 Å². The molecule has 8 heteroatoms. The Balaban J connectivity index is 1.79. The summed E-state index contributed by atoms with van der Waals surface area (Å²) < 4.78 is 30.8. The Morgan fingerprint density at radius 2 is 1.96 bits per heavy atom. The van der Waals surface area contributed by atoms with Gasteiger partial charge in [-0.15, -0.1) is 0 Å². The van der Waals surface area contributed by atoms with E-state index in [0.29, 0.717) is 6.54 Å². The first-order valence-corrected chi connectivity index (χ1v) is 10.8. The molecule has 1 fully saturated rings. The van der Waals surface area contributed by atoms with Gasteiger partial charge in [0.05, 0.1) is 19.5 Å². The number of aryl methyl sites for hydroxylation is 1. The Morgan fingerprint density at radius 1 is 1.27 bits per heavy atom. The lowest BCUT2D eigenvalue weighted by molar-refractivity contribution is -0.121. The summed E-state index contributed by atoms with van der Waals surface area (Å²) in [6.07, 6.45) is 1.34. The van der Waals surface area contributed by atoms with Gasteiger partial charge in [0.1, 0.15) is 0 Å². The third kappa shape index (κ3) is 7.03. The molecule has 2 rings (SSSR count). The molecule has 1 aromatic rings. The normalized spacial score (nSPS) is 16.0. The number of benzene rings is 1. The van der Waals surface area contributed by atoms with E-state index >= 15 is 0 Å². The van der Waals surface area contributed by atoms with Crippen LogP contribution in [0.4, 0.5) is 0 Å². The number of carbonyl (C=O) groups is 1. The van der Waals surface area contributed by atoms with Crippen molar-refractivity contribution in [3.63, 3.8) is 0 Å². The van der Waals surface area contributed by atoms with Crippen LogP contribution in [0, 0.1) is 6.92 Å². The van der Waals surface area contributed by atoms with Crippen LogP contribution in [0.5, 0.6) is 0 Å². The van der Waals surface area contributed by atoms with Crippen molar-refractivity contribution < 1.29 is 17.9 Å². The van der Waals surface area contributed by atoms with Gasteiger partial charge in [0, 0.05) is 45.7 Å². The molecule has 1 N–H and O–H groups in total. The van der Waals surface area contributed by atoms with E-state index in [1.54, 1.807) is 0 Å². The third-order valence-electron chi connectivity index (χ3n) is 4.52. The molecule has 26 heavy (non-hydrogen) atoms. The predicted molar refractivity (Wildman–Crippen MR) is 101 cm³/mol. The molecule has 0 bridgehead atoms. The molecule has 0 atom stereocenters. The maximum Gasteiger partial charge on any atom is 0.221 e. The van der Waals surface area contributed by atoms with Gasteiger partial charge in [-0.1, -0.05) is 24.3 Å². The van der Waals surface area contributed by atoms with E-state index in [1.807, 2.05) is 31.2 Å². The Morgan fingerprint density at radius 3 is 2.62 bits per heavy atom. The summed E-state index contributed by atoms with van der Waals surface area (Å²) in [7, 11) is -3.38. The second-order valence-corrected chi connectivity index (χ2v) is 8.56. The summed E-state index contributed by atoms with van der Waals surface area (Å²) in [6, 6.07) is 7.68.